The van der Waals surface area contributed by atoms with Crippen LogP contribution in [0.15, 0.2) is 18.3 Å². The van der Waals surface area contributed by atoms with Crippen LogP contribution in [0.5, 0.6) is 0 Å². The summed E-state index contributed by atoms with van der Waals surface area (Å²) in [4.78, 5) is 2.79. The molecule has 1 nitrogen and oxygen atoms in total. The molecule has 0 saturated carbocycles. The molecule has 0 fully saturated rings. The number of H-pyrrole nitrogens is 1. The lowest BCUT2D eigenvalue weighted by Gasteiger charge is -1.70. The number of aromatic amines is 1. The first-order chi connectivity index (χ1) is 3.43. The molecule has 1 N–H and O–H groups in total. The van der Waals surface area contributed by atoms with Gasteiger partial charge in [-0.1, -0.05) is 0 Å². The summed E-state index contributed by atoms with van der Waals surface area (Å²) in [5, 5.41) is 0. The van der Waals surface area contributed by atoms with E-state index in [-0.39, 0.29) is 0 Å². The van der Waals surface area contributed by atoms with Gasteiger partial charge in [0, 0.05) is 6.20 Å². The van der Waals surface area contributed by atoms with Crippen molar-refractivity contribution in [3.8, 4) is 5.92 Å². The number of hydrogen-bond donors (Lipinski definition) is 1. The molecule has 1 radical (unpaired) electrons. The second-order valence-electron chi connectivity index (χ2n) is 1.21. The fraction of sp³-hybridized carbons (Fsp3) is 0. The van der Waals surface area contributed by atoms with E-state index < -0.39 is 0 Å². The van der Waals surface area contributed by atoms with Gasteiger partial charge >= 0.3 is 0 Å². The minimum absolute atomic E-state index is 0.722. The summed E-state index contributed by atoms with van der Waals surface area (Å²) in [6.45, 7) is 0. The summed E-state index contributed by atoms with van der Waals surface area (Å²) in [6, 6.07) is 3.61. The van der Waals surface area contributed by atoms with Crippen LogP contribution in [0.4, 0.5) is 0 Å². The normalized spacial score (nSPS) is 7.86. The van der Waals surface area contributed by atoms with Gasteiger partial charge in [0.2, 0.25) is 0 Å². The van der Waals surface area contributed by atoms with E-state index in [1.165, 1.54) is 0 Å². The molecule has 0 aliphatic heterocycles. The quantitative estimate of drug-likeness (QED) is 0.456. The number of nitrogens with one attached hydrogen (secondary N) is 1. The predicted octanol–water partition coefficient (Wildman–Crippen LogP) is 0.953. The van der Waals surface area contributed by atoms with Crippen LogP contribution in [0.1, 0.15) is 5.69 Å². The summed E-state index contributed by atoms with van der Waals surface area (Å²) >= 11 is 0. The van der Waals surface area contributed by atoms with Crippen LogP contribution >= 0.6 is 0 Å². The highest BCUT2D eigenvalue weighted by atomic mass is 14.7. The molecule has 1 rings (SSSR count). The van der Waals surface area contributed by atoms with Gasteiger partial charge < -0.3 is 4.98 Å². The highest BCUT2D eigenvalue weighted by molar-refractivity contribution is 5.20. The van der Waals surface area contributed by atoms with Crippen molar-refractivity contribution in [1.29, 1.82) is 0 Å². The SMILES string of the molecule is [C]#Cc1ccc[nH]1. The standard InChI is InChI=1S/C6H4N/c1-2-6-4-3-5-7-6/h3-5,7H. The first-order valence-electron chi connectivity index (χ1n) is 1.99. The van der Waals surface area contributed by atoms with Gasteiger partial charge in [0.05, 0.1) is 5.69 Å². The van der Waals surface area contributed by atoms with Gasteiger partial charge in [0.15, 0.2) is 0 Å². The molecular weight excluding hydrogens is 86.1 g/mol. The maximum Gasteiger partial charge on any atom is 0.0903 e. The van der Waals surface area contributed by atoms with Gasteiger partial charge in [0.25, 0.3) is 0 Å². The van der Waals surface area contributed by atoms with E-state index in [1.54, 1.807) is 12.3 Å². The first kappa shape index (κ1) is 4.01. The highest BCUT2D eigenvalue weighted by Crippen LogP contribution is 1.87. The summed E-state index contributed by atoms with van der Waals surface area (Å²) in [6.07, 6.45) is 8.34. The molecule has 0 aliphatic rings. The van der Waals surface area contributed by atoms with Crippen LogP contribution in [-0.4, -0.2) is 4.98 Å². The fourth-order valence-electron chi connectivity index (χ4n) is 0.408. The Kier molecular flexibility index (Phi) is 0.874. The first-order valence-corrected chi connectivity index (χ1v) is 1.99. The van der Waals surface area contributed by atoms with E-state index in [4.69, 9.17) is 6.42 Å². The second-order valence-corrected chi connectivity index (χ2v) is 1.21. The van der Waals surface area contributed by atoms with Crippen LogP contribution in [0.3, 0.4) is 0 Å². The molecule has 1 heterocycles. The third kappa shape index (κ3) is 0.635. The molecule has 1 aromatic rings. The fourth-order valence-corrected chi connectivity index (χ4v) is 0.408. The van der Waals surface area contributed by atoms with Gasteiger partial charge in [-0.2, -0.15) is 0 Å². The Labute approximate surface area is 42.4 Å². The summed E-state index contributed by atoms with van der Waals surface area (Å²) in [5.41, 5.74) is 0.722. The number of aromatic nitrogens is 1. The molecule has 1 heteroatoms. The highest BCUT2D eigenvalue weighted by Gasteiger charge is 1.77. The van der Waals surface area contributed by atoms with Gasteiger partial charge in [-0.05, 0) is 24.5 Å². The summed E-state index contributed by atoms with van der Waals surface area (Å²) in [5.74, 6) is 2.20. The minimum Gasteiger partial charge on any atom is -0.355 e. The van der Waals surface area contributed by atoms with Crippen molar-refractivity contribution in [2.24, 2.45) is 0 Å². The van der Waals surface area contributed by atoms with Crippen LogP contribution in [0.25, 0.3) is 0 Å². The van der Waals surface area contributed by atoms with Gasteiger partial charge in [-0.3, -0.25) is 0 Å². The van der Waals surface area contributed by atoms with E-state index in [9.17, 15) is 0 Å². The lowest BCUT2D eigenvalue weighted by Crippen LogP contribution is -1.64. The molecule has 0 aromatic carbocycles. The topological polar surface area (TPSA) is 15.8 Å². The zero-order chi connectivity index (χ0) is 5.11. The monoisotopic (exact) mass is 90.0 g/mol. The van der Waals surface area contributed by atoms with Crippen molar-refractivity contribution >= 4 is 0 Å². The van der Waals surface area contributed by atoms with E-state index in [0.717, 1.165) is 5.69 Å². The van der Waals surface area contributed by atoms with E-state index in [2.05, 4.69) is 10.9 Å². The molecule has 33 valence electrons. The second kappa shape index (κ2) is 1.53. The molecule has 0 bridgehead atoms. The van der Waals surface area contributed by atoms with Crippen molar-refractivity contribution < 1.29 is 0 Å². The molecule has 0 spiro atoms. The zero-order valence-corrected chi connectivity index (χ0v) is 3.73. The van der Waals surface area contributed by atoms with Gasteiger partial charge in [0.1, 0.15) is 0 Å². The number of rotatable bonds is 0. The third-order valence-corrected chi connectivity index (χ3v) is 0.733. The smallest absolute Gasteiger partial charge is 0.0903 e. The summed E-state index contributed by atoms with van der Waals surface area (Å²) in [7, 11) is 0. The predicted molar refractivity (Wildman–Crippen MR) is 27.0 cm³/mol. The Balaban J connectivity index is 3.04. The van der Waals surface area contributed by atoms with Crippen molar-refractivity contribution in [3.05, 3.63) is 30.4 Å². The van der Waals surface area contributed by atoms with Gasteiger partial charge in [-0.25, -0.2) is 0 Å². The van der Waals surface area contributed by atoms with Crippen molar-refractivity contribution in [2.75, 3.05) is 0 Å². The lowest BCUT2D eigenvalue weighted by atomic mass is 10.5. The number of hydrogen-bond acceptors (Lipinski definition) is 0. The largest absolute Gasteiger partial charge is 0.355 e. The molecule has 0 aliphatic carbocycles. The van der Waals surface area contributed by atoms with E-state index >= 15 is 0 Å². The molecule has 1 aromatic heterocycles. The van der Waals surface area contributed by atoms with Crippen molar-refractivity contribution in [3.63, 3.8) is 0 Å². The molecule has 0 saturated heterocycles. The Hall–Kier alpha value is -1.16. The Morgan fingerprint density at radius 1 is 1.71 bits per heavy atom. The van der Waals surface area contributed by atoms with Crippen LogP contribution < -0.4 is 0 Å². The summed E-state index contributed by atoms with van der Waals surface area (Å²) < 4.78 is 0. The van der Waals surface area contributed by atoms with E-state index in [1.807, 2.05) is 6.07 Å². The van der Waals surface area contributed by atoms with Crippen molar-refractivity contribution in [1.82, 2.24) is 4.98 Å². The average molecular weight is 90.1 g/mol. The maximum absolute atomic E-state index is 6.58. The third-order valence-electron chi connectivity index (χ3n) is 0.733. The molecule has 0 atom stereocenters. The molecular formula is C6H4N. The van der Waals surface area contributed by atoms with Crippen LogP contribution in [-0.2, 0) is 0 Å². The Bertz CT molecular complexity index is 167. The average Bonchev–Trinajstić information content (AvgIpc) is 2.14. The van der Waals surface area contributed by atoms with Gasteiger partial charge in [-0.15, -0.1) is 0 Å². The van der Waals surface area contributed by atoms with E-state index in [0.29, 0.717) is 0 Å². The van der Waals surface area contributed by atoms with Crippen LogP contribution in [0, 0.1) is 12.3 Å². The zero-order valence-electron chi connectivity index (χ0n) is 3.73. The molecule has 0 amide bonds. The van der Waals surface area contributed by atoms with Crippen LogP contribution in [0.2, 0.25) is 0 Å². The minimum atomic E-state index is 0.722. The Morgan fingerprint density at radius 2 is 2.57 bits per heavy atom. The molecule has 7 heavy (non-hydrogen) atoms. The molecule has 0 unspecified atom stereocenters. The van der Waals surface area contributed by atoms with Crippen molar-refractivity contribution in [2.45, 2.75) is 0 Å². The maximum atomic E-state index is 6.58. The lowest BCUT2D eigenvalue weighted by molar-refractivity contribution is 1.37. The Morgan fingerprint density at radius 3 is 2.86 bits per heavy atom.